The quantitative estimate of drug-likeness (QED) is 0.583. The number of carbonyl (C=O) groups excluding carboxylic acids is 1. The van der Waals surface area contributed by atoms with Crippen molar-refractivity contribution >= 4 is 23.4 Å². The van der Waals surface area contributed by atoms with Crippen molar-refractivity contribution in [2.45, 2.75) is 38.5 Å². The molecule has 0 saturated carbocycles. The Morgan fingerprint density at radius 1 is 1.20 bits per heavy atom. The van der Waals surface area contributed by atoms with Crippen LogP contribution < -0.4 is 19.9 Å². The normalized spacial score (nSPS) is 17.3. The van der Waals surface area contributed by atoms with Crippen molar-refractivity contribution in [3.63, 3.8) is 0 Å². The Hall–Kier alpha value is -3.96. The van der Waals surface area contributed by atoms with Gasteiger partial charge in [0.2, 0.25) is 17.7 Å². The molecule has 0 fully saturated rings. The number of likely N-dealkylation sites (N-methyl/N-ethyl adjacent to an activating group) is 1. The molecule has 0 radical (unpaired) electrons. The highest BCUT2D eigenvalue weighted by atomic mass is 19.4. The fraction of sp³-hybridized carbons (Fsp3) is 0.348. The molecule has 0 spiro atoms. The largest absolute Gasteiger partial charge is 0.437 e. The molecule has 1 N–H and O–H groups in total. The Labute approximate surface area is 199 Å². The number of halogens is 3. The molecule has 35 heavy (non-hydrogen) atoms. The number of carbonyl (C=O) groups is 1. The summed E-state index contributed by atoms with van der Waals surface area (Å²) >= 11 is 0. The van der Waals surface area contributed by atoms with E-state index < -0.39 is 11.7 Å². The van der Waals surface area contributed by atoms with Crippen LogP contribution in [0.3, 0.4) is 0 Å². The Morgan fingerprint density at radius 2 is 2.03 bits per heavy atom. The van der Waals surface area contributed by atoms with Gasteiger partial charge in [-0.3, -0.25) is 9.78 Å². The lowest BCUT2D eigenvalue weighted by Crippen LogP contribution is -2.53. The summed E-state index contributed by atoms with van der Waals surface area (Å²) in [5.41, 5.74) is 1.53. The zero-order valence-electron chi connectivity index (χ0n) is 19.0. The molecule has 12 heteroatoms. The van der Waals surface area contributed by atoms with Crippen molar-refractivity contribution in [1.29, 1.82) is 0 Å². The van der Waals surface area contributed by atoms with E-state index in [9.17, 15) is 18.0 Å². The third-order valence-electron chi connectivity index (χ3n) is 6.05. The topological polar surface area (TPSA) is 96.4 Å². The Balaban J connectivity index is 1.28. The van der Waals surface area contributed by atoms with E-state index in [2.05, 4.69) is 25.3 Å². The van der Waals surface area contributed by atoms with Crippen molar-refractivity contribution in [3.05, 3.63) is 53.6 Å². The first-order valence-corrected chi connectivity index (χ1v) is 11.0. The highest BCUT2D eigenvalue weighted by molar-refractivity contribution is 6.05. The van der Waals surface area contributed by atoms with Crippen LogP contribution in [-0.4, -0.2) is 45.5 Å². The minimum Gasteiger partial charge on any atom is -0.437 e. The zero-order valence-corrected chi connectivity index (χ0v) is 19.0. The van der Waals surface area contributed by atoms with Crippen LogP contribution in [0.1, 0.15) is 30.2 Å². The molecule has 3 aromatic rings. The van der Waals surface area contributed by atoms with E-state index in [0.29, 0.717) is 19.0 Å². The highest BCUT2D eigenvalue weighted by Crippen LogP contribution is 2.39. The van der Waals surface area contributed by atoms with E-state index in [4.69, 9.17) is 4.74 Å². The number of hydrogen-bond donors (Lipinski definition) is 1. The number of nitrogens with one attached hydrogen (secondary N) is 1. The zero-order chi connectivity index (χ0) is 24.7. The average molecular weight is 485 g/mol. The van der Waals surface area contributed by atoms with Crippen LogP contribution in [-0.2, 0) is 23.9 Å². The Morgan fingerprint density at radius 3 is 2.77 bits per heavy atom. The van der Waals surface area contributed by atoms with Gasteiger partial charge in [-0.25, -0.2) is 9.97 Å². The molecule has 2 aliphatic heterocycles. The van der Waals surface area contributed by atoms with Gasteiger partial charge in [0.05, 0.1) is 17.5 Å². The summed E-state index contributed by atoms with van der Waals surface area (Å²) in [6.45, 7) is 2.90. The van der Waals surface area contributed by atoms with Crippen LogP contribution in [0.4, 0.5) is 30.6 Å². The molecule has 0 bridgehead atoms. The van der Waals surface area contributed by atoms with Gasteiger partial charge in [-0.15, -0.1) is 0 Å². The molecule has 5 heterocycles. The number of anilines is 3. The van der Waals surface area contributed by atoms with E-state index in [0.717, 1.165) is 47.9 Å². The maximum absolute atomic E-state index is 12.9. The second kappa shape index (κ2) is 8.67. The minimum atomic E-state index is -4.51. The van der Waals surface area contributed by atoms with E-state index in [1.165, 1.54) is 6.20 Å². The molecule has 9 nitrogen and oxygen atoms in total. The number of aromatic nitrogens is 4. The van der Waals surface area contributed by atoms with Gasteiger partial charge in [0.1, 0.15) is 17.5 Å². The lowest BCUT2D eigenvalue weighted by Gasteiger charge is -2.41. The van der Waals surface area contributed by atoms with Gasteiger partial charge >= 0.3 is 6.18 Å². The maximum Gasteiger partial charge on any atom is 0.418 e. The fourth-order valence-electron chi connectivity index (χ4n) is 4.08. The maximum atomic E-state index is 12.9. The third kappa shape index (κ3) is 4.43. The Bertz CT molecular complexity index is 1270. The third-order valence-corrected chi connectivity index (χ3v) is 6.05. The van der Waals surface area contributed by atoms with Crippen LogP contribution in [0.5, 0.6) is 11.6 Å². The molecule has 1 amide bonds. The van der Waals surface area contributed by atoms with Crippen molar-refractivity contribution in [2.24, 2.45) is 0 Å². The first-order valence-electron chi connectivity index (χ1n) is 11.0. The molecule has 0 aliphatic carbocycles. The number of aryl methyl sites for hydroxylation is 1. The molecule has 182 valence electrons. The predicted octanol–water partition coefficient (Wildman–Crippen LogP) is 3.81. The van der Waals surface area contributed by atoms with Crippen molar-refractivity contribution in [2.75, 3.05) is 28.7 Å². The Kier molecular flexibility index (Phi) is 5.65. The predicted molar refractivity (Wildman–Crippen MR) is 121 cm³/mol. The number of pyridine rings is 2. The molecule has 5 rings (SSSR count). The first-order chi connectivity index (χ1) is 16.7. The van der Waals surface area contributed by atoms with Gasteiger partial charge in [-0.2, -0.15) is 18.2 Å². The van der Waals surface area contributed by atoms with Crippen molar-refractivity contribution in [1.82, 2.24) is 19.9 Å². The lowest BCUT2D eigenvalue weighted by atomic mass is 10.0. The smallest absolute Gasteiger partial charge is 0.418 e. The number of hydrogen-bond acceptors (Lipinski definition) is 8. The minimum absolute atomic E-state index is 0.0551. The van der Waals surface area contributed by atoms with Gasteiger partial charge < -0.3 is 19.9 Å². The summed E-state index contributed by atoms with van der Waals surface area (Å²) in [5.74, 6) is 1.31. The molecule has 2 aliphatic rings. The summed E-state index contributed by atoms with van der Waals surface area (Å²) in [5, 5.41) is 3.20. The molecule has 1 unspecified atom stereocenters. The van der Waals surface area contributed by atoms with Gasteiger partial charge in [-0.05, 0) is 31.4 Å². The van der Waals surface area contributed by atoms with Gasteiger partial charge in [0.25, 0.3) is 0 Å². The monoisotopic (exact) mass is 485 g/mol. The number of rotatable bonds is 5. The van der Waals surface area contributed by atoms with Crippen LogP contribution in [0, 0.1) is 0 Å². The lowest BCUT2D eigenvalue weighted by molar-refractivity contribution is -0.138. The first kappa shape index (κ1) is 22.8. The van der Waals surface area contributed by atoms with E-state index in [-0.39, 0.29) is 23.6 Å². The number of amides is 1. The van der Waals surface area contributed by atoms with Crippen LogP contribution in [0.25, 0.3) is 0 Å². The van der Waals surface area contributed by atoms with E-state index in [1.54, 1.807) is 23.2 Å². The van der Waals surface area contributed by atoms with Gasteiger partial charge in [0, 0.05) is 38.6 Å². The molecular weight excluding hydrogens is 463 g/mol. The standard InChI is InChI=1S/C23H22F3N7O2/c1-13-21(34)33-7-3-4-17-19(33)20(32(13)2)31-22(30-17)29-10-14-5-6-18(28-9-14)35-16-8-15(11-27-12-16)23(24,25)26/h5-6,8-9,11-13H,3-4,7,10H2,1-2H3,(H,29,30,31). The summed E-state index contributed by atoms with van der Waals surface area (Å²) in [6.07, 6.45) is 0.591. The van der Waals surface area contributed by atoms with Crippen LogP contribution >= 0.6 is 0 Å². The number of ether oxygens (including phenoxy) is 1. The summed E-state index contributed by atoms with van der Waals surface area (Å²) in [6, 6.07) is 3.87. The number of nitrogens with zero attached hydrogens (tertiary/aromatic N) is 6. The summed E-state index contributed by atoms with van der Waals surface area (Å²) in [4.78, 5) is 33.3. The van der Waals surface area contributed by atoms with Gasteiger partial charge in [-0.1, -0.05) is 6.07 Å². The van der Waals surface area contributed by atoms with Crippen LogP contribution in [0.2, 0.25) is 0 Å². The summed E-state index contributed by atoms with van der Waals surface area (Å²) < 4.78 is 44.0. The van der Waals surface area contributed by atoms with Crippen LogP contribution in [0.15, 0.2) is 36.8 Å². The SMILES string of the molecule is CC1C(=O)N2CCCc3nc(NCc4ccc(Oc5cncc(C(F)(F)F)c5)nc4)nc(c32)N1C. The van der Waals surface area contributed by atoms with E-state index in [1.807, 2.05) is 18.9 Å². The molecular formula is C23H22F3N7O2. The summed E-state index contributed by atoms with van der Waals surface area (Å²) in [7, 11) is 1.85. The van der Waals surface area contributed by atoms with Crippen molar-refractivity contribution < 1.29 is 22.7 Å². The average Bonchev–Trinajstić information content (AvgIpc) is 2.85. The van der Waals surface area contributed by atoms with Crippen molar-refractivity contribution in [3.8, 4) is 11.6 Å². The molecule has 3 aromatic heterocycles. The molecule has 0 aromatic carbocycles. The fourth-order valence-corrected chi connectivity index (χ4v) is 4.08. The van der Waals surface area contributed by atoms with Gasteiger partial charge in [0.15, 0.2) is 5.82 Å². The second-order valence-corrected chi connectivity index (χ2v) is 8.41. The van der Waals surface area contributed by atoms with E-state index >= 15 is 0 Å². The molecule has 1 atom stereocenters. The number of alkyl halides is 3. The highest BCUT2D eigenvalue weighted by Gasteiger charge is 2.38. The molecule has 0 saturated heterocycles. The second-order valence-electron chi connectivity index (χ2n) is 8.41.